The van der Waals surface area contributed by atoms with Gasteiger partial charge in [0.2, 0.25) is 12.7 Å². The van der Waals surface area contributed by atoms with Gasteiger partial charge < -0.3 is 13.9 Å². The highest BCUT2D eigenvalue weighted by Gasteiger charge is 2.63. The molecule has 1 aliphatic rings. The van der Waals surface area contributed by atoms with Gasteiger partial charge in [0.25, 0.3) is 0 Å². The molecule has 1 amide bonds. The predicted molar refractivity (Wildman–Crippen MR) is 160 cm³/mol. The molecule has 0 radical (unpaired) electrons. The molecule has 1 aliphatic heterocycles. The fraction of sp³-hybridized carbons (Fsp3) is 0.731. The molecule has 40 heavy (non-hydrogen) atoms. The van der Waals surface area contributed by atoms with Crippen LogP contribution in [0.3, 0.4) is 0 Å². The van der Waals surface area contributed by atoms with Crippen LogP contribution < -0.4 is 0 Å². The standard InChI is InChI=1S/C26H43N5O6S2Si/c1-15(2)19(22(33)35-14-36-23(34)24(3,4)5)31-20(32)18(26(9,25(6,7)8)37-40(11)12)21(31)39-17(38)13-16-27-28-29-30(16)10/h18,21,40H,13-14H2,1-12H3/t18-,21-,26+/m1/s1. The number of thioether (sulfide) groups is 1. The molecule has 224 valence electrons. The molecular formula is C26H43N5O6S2Si. The zero-order valence-electron chi connectivity index (χ0n) is 25.6. The van der Waals surface area contributed by atoms with Crippen LogP contribution in [0.25, 0.3) is 0 Å². The summed E-state index contributed by atoms with van der Waals surface area (Å²) >= 11 is 7.05. The second-order valence-electron chi connectivity index (χ2n) is 12.6. The summed E-state index contributed by atoms with van der Waals surface area (Å²) < 4.78 is 19.1. The molecule has 0 unspecified atom stereocenters. The lowest BCUT2D eigenvalue weighted by Crippen LogP contribution is -2.71. The molecule has 0 saturated carbocycles. The first-order valence-corrected chi connectivity index (χ1v) is 17.2. The second-order valence-corrected chi connectivity index (χ2v) is 16.9. The Morgan fingerprint density at radius 1 is 1.07 bits per heavy atom. The van der Waals surface area contributed by atoms with Crippen LogP contribution in [0.5, 0.6) is 0 Å². The zero-order valence-corrected chi connectivity index (χ0v) is 28.4. The van der Waals surface area contributed by atoms with E-state index in [1.165, 1.54) is 16.7 Å². The largest absolute Gasteiger partial charge is 0.427 e. The number of carbonyl (C=O) groups excluding carboxylic acids is 3. The quantitative estimate of drug-likeness (QED) is 0.0956. The summed E-state index contributed by atoms with van der Waals surface area (Å²) in [5.41, 5.74) is -1.33. The average molecular weight is 614 g/mol. The SMILES string of the molecule is CC(C)=C(C(=O)OCOC(=O)C(C)(C)C)N1C(=O)[C@@H]([C@](C)(O[SiH](C)C)C(C)(C)C)[C@H]1SC(=S)Cc1nnnn1C. The first-order chi connectivity index (χ1) is 18.2. The Kier molecular flexibility index (Phi) is 10.9. The molecule has 1 aromatic rings. The molecule has 0 N–H and O–H groups in total. The summed E-state index contributed by atoms with van der Waals surface area (Å²) in [4.78, 5) is 40.9. The van der Waals surface area contributed by atoms with Crippen molar-refractivity contribution in [2.45, 2.75) is 92.8 Å². The van der Waals surface area contributed by atoms with E-state index in [0.29, 0.717) is 22.0 Å². The summed E-state index contributed by atoms with van der Waals surface area (Å²) in [5.74, 6) is -1.54. The minimum Gasteiger partial charge on any atom is -0.427 e. The highest BCUT2D eigenvalue weighted by Crippen LogP contribution is 2.52. The number of carbonyl (C=O) groups is 3. The van der Waals surface area contributed by atoms with Crippen molar-refractivity contribution in [3.63, 3.8) is 0 Å². The van der Waals surface area contributed by atoms with Gasteiger partial charge in [-0.2, -0.15) is 0 Å². The van der Waals surface area contributed by atoms with Gasteiger partial charge in [-0.25, -0.2) is 9.48 Å². The third-order valence-electron chi connectivity index (χ3n) is 6.77. The number of likely N-dealkylation sites (tertiary alicyclic amines) is 1. The van der Waals surface area contributed by atoms with Crippen molar-refractivity contribution in [3.8, 4) is 0 Å². The highest BCUT2D eigenvalue weighted by atomic mass is 32.2. The summed E-state index contributed by atoms with van der Waals surface area (Å²) in [5, 5.41) is 11.0. The number of ether oxygens (including phenoxy) is 2. The van der Waals surface area contributed by atoms with Crippen LogP contribution >= 0.6 is 24.0 Å². The zero-order chi connectivity index (χ0) is 30.8. The molecule has 0 aliphatic carbocycles. The molecule has 14 heteroatoms. The van der Waals surface area contributed by atoms with Crippen molar-refractivity contribution in [2.24, 2.45) is 23.8 Å². The third-order valence-corrected chi connectivity index (χ3v) is 9.29. The van der Waals surface area contributed by atoms with E-state index in [1.807, 2.05) is 27.7 Å². The Morgan fingerprint density at radius 3 is 2.12 bits per heavy atom. The van der Waals surface area contributed by atoms with Crippen molar-refractivity contribution in [1.82, 2.24) is 25.1 Å². The number of rotatable bonds is 10. The number of hydrogen-bond acceptors (Lipinski definition) is 11. The number of esters is 2. The molecule has 0 spiro atoms. The predicted octanol–water partition coefficient (Wildman–Crippen LogP) is 3.79. The molecule has 2 heterocycles. The molecular weight excluding hydrogens is 571 g/mol. The Hall–Kier alpha value is -2.16. The van der Waals surface area contributed by atoms with Crippen molar-refractivity contribution in [3.05, 3.63) is 17.1 Å². The smallest absolute Gasteiger partial charge is 0.357 e. The second kappa shape index (κ2) is 12.8. The number of allylic oxidation sites excluding steroid dienone is 1. The van der Waals surface area contributed by atoms with Gasteiger partial charge in [0.1, 0.15) is 11.1 Å². The van der Waals surface area contributed by atoms with Crippen LogP contribution in [0.1, 0.15) is 68.1 Å². The Balaban J connectivity index is 2.44. The number of hydrogen-bond donors (Lipinski definition) is 0. The first-order valence-electron chi connectivity index (χ1n) is 13.2. The van der Waals surface area contributed by atoms with Gasteiger partial charge in [-0.1, -0.05) is 44.8 Å². The molecule has 1 saturated heterocycles. The summed E-state index contributed by atoms with van der Waals surface area (Å²) in [6.07, 6.45) is 0.304. The maximum atomic E-state index is 14.0. The van der Waals surface area contributed by atoms with E-state index in [4.69, 9.17) is 26.1 Å². The molecule has 1 fully saturated rings. The highest BCUT2D eigenvalue weighted by molar-refractivity contribution is 8.23. The number of thiocarbonyl (C=S) groups is 1. The van der Waals surface area contributed by atoms with Gasteiger partial charge in [-0.3, -0.25) is 14.5 Å². The number of aryl methyl sites for hydroxylation is 1. The maximum Gasteiger partial charge on any atom is 0.357 e. The minimum absolute atomic E-state index is 0.0896. The third kappa shape index (κ3) is 7.56. The van der Waals surface area contributed by atoms with E-state index in [1.54, 1.807) is 46.3 Å². The number of aromatic nitrogens is 4. The van der Waals surface area contributed by atoms with Crippen molar-refractivity contribution in [2.75, 3.05) is 6.79 Å². The van der Waals surface area contributed by atoms with E-state index < -0.39 is 55.5 Å². The molecule has 3 atom stereocenters. The Morgan fingerprint density at radius 2 is 1.68 bits per heavy atom. The van der Waals surface area contributed by atoms with Crippen LogP contribution in [0.4, 0.5) is 0 Å². The Labute approximate surface area is 248 Å². The molecule has 0 aromatic carbocycles. The minimum atomic E-state index is -1.60. The topological polar surface area (TPSA) is 126 Å². The van der Waals surface area contributed by atoms with Gasteiger partial charge in [0, 0.05) is 7.05 Å². The van der Waals surface area contributed by atoms with E-state index in [-0.39, 0.29) is 11.6 Å². The van der Waals surface area contributed by atoms with Gasteiger partial charge in [0.15, 0.2) is 14.9 Å². The van der Waals surface area contributed by atoms with E-state index in [9.17, 15) is 14.4 Å². The van der Waals surface area contributed by atoms with Gasteiger partial charge in [0.05, 0.1) is 27.6 Å². The lowest BCUT2D eigenvalue weighted by molar-refractivity contribution is -0.180. The van der Waals surface area contributed by atoms with E-state index in [2.05, 4.69) is 28.6 Å². The van der Waals surface area contributed by atoms with Gasteiger partial charge in [-0.15, -0.1) is 5.10 Å². The van der Waals surface area contributed by atoms with Crippen LogP contribution in [-0.2, 0) is 41.8 Å². The van der Waals surface area contributed by atoms with Crippen molar-refractivity contribution >= 4 is 55.1 Å². The fourth-order valence-electron chi connectivity index (χ4n) is 4.20. The molecule has 0 bridgehead atoms. The van der Waals surface area contributed by atoms with Crippen molar-refractivity contribution in [1.29, 1.82) is 0 Å². The summed E-state index contributed by atoms with van der Waals surface area (Å²) in [7, 11) is 0.133. The van der Waals surface area contributed by atoms with Crippen LogP contribution in [0.15, 0.2) is 11.3 Å². The van der Waals surface area contributed by atoms with Crippen LogP contribution in [-0.4, -0.2) is 74.0 Å². The molecule has 2 rings (SSSR count). The monoisotopic (exact) mass is 613 g/mol. The van der Waals surface area contributed by atoms with Gasteiger partial charge >= 0.3 is 11.9 Å². The Bertz CT molecular complexity index is 1170. The maximum absolute atomic E-state index is 14.0. The molecule has 11 nitrogen and oxygen atoms in total. The van der Waals surface area contributed by atoms with Gasteiger partial charge in [-0.05, 0) is 76.1 Å². The lowest BCUT2D eigenvalue weighted by Gasteiger charge is -2.58. The normalized spacial score (nSPS) is 19.1. The number of tetrazole rings is 1. The number of amides is 1. The summed E-state index contributed by atoms with van der Waals surface area (Å²) in [6.45, 7) is 20.2. The van der Waals surface area contributed by atoms with Crippen LogP contribution in [0.2, 0.25) is 13.1 Å². The fourth-order valence-corrected chi connectivity index (χ4v) is 7.42. The average Bonchev–Trinajstić information content (AvgIpc) is 3.18. The first kappa shape index (κ1) is 34.0. The summed E-state index contributed by atoms with van der Waals surface area (Å²) in [6, 6.07) is 0. The molecule has 1 aromatic heterocycles. The van der Waals surface area contributed by atoms with E-state index >= 15 is 0 Å². The number of β-lactam (4-membered cyclic amide) rings is 1. The van der Waals surface area contributed by atoms with Crippen molar-refractivity contribution < 1.29 is 28.3 Å². The lowest BCUT2D eigenvalue weighted by atomic mass is 9.66. The number of nitrogens with zero attached hydrogens (tertiary/aromatic N) is 5. The van der Waals surface area contributed by atoms with E-state index in [0.717, 1.165) is 0 Å². The van der Waals surface area contributed by atoms with Crippen LogP contribution in [0, 0.1) is 16.7 Å².